The van der Waals surface area contributed by atoms with E-state index < -0.39 is 40.7 Å². The summed E-state index contributed by atoms with van der Waals surface area (Å²) in [6, 6.07) is 4.11. The van der Waals surface area contributed by atoms with E-state index in [0.29, 0.717) is 23.6 Å². The molecule has 1 nitrogen and oxygen atoms in total. The third kappa shape index (κ3) is 4.91. The van der Waals surface area contributed by atoms with Crippen LogP contribution in [0.5, 0.6) is 5.75 Å². The van der Waals surface area contributed by atoms with E-state index in [1.807, 2.05) is 0 Å². The molecule has 32 heavy (non-hydrogen) atoms. The van der Waals surface area contributed by atoms with Crippen LogP contribution in [0, 0.1) is 35.1 Å². The van der Waals surface area contributed by atoms with Crippen LogP contribution in [0.2, 0.25) is 0 Å². The normalized spacial score (nSPS) is 22.7. The van der Waals surface area contributed by atoms with Crippen molar-refractivity contribution in [2.45, 2.75) is 69.8 Å². The maximum Gasteiger partial charge on any atom is 0.429 e. The van der Waals surface area contributed by atoms with Crippen molar-refractivity contribution in [1.82, 2.24) is 0 Å². The lowest BCUT2D eigenvalue weighted by atomic mass is 9.70. The van der Waals surface area contributed by atoms with Crippen LogP contribution in [0.25, 0.3) is 0 Å². The molecule has 0 unspecified atom stereocenters. The largest absolute Gasteiger partial charge is 0.429 e. The quantitative estimate of drug-likeness (QED) is 0.325. The Bertz CT molecular complexity index is 922. The van der Waals surface area contributed by atoms with Gasteiger partial charge in [-0.2, -0.15) is 8.78 Å². The molecule has 0 spiro atoms. The van der Waals surface area contributed by atoms with E-state index in [4.69, 9.17) is 0 Å². The van der Waals surface area contributed by atoms with Crippen LogP contribution in [0.3, 0.4) is 0 Å². The van der Waals surface area contributed by atoms with Crippen molar-refractivity contribution < 1.29 is 31.1 Å². The van der Waals surface area contributed by atoms with Crippen molar-refractivity contribution >= 4 is 0 Å². The third-order valence-corrected chi connectivity index (χ3v) is 7.07. The molecule has 0 aromatic heterocycles. The summed E-state index contributed by atoms with van der Waals surface area (Å²) >= 11 is 0. The van der Waals surface area contributed by atoms with Crippen molar-refractivity contribution in [1.29, 1.82) is 0 Å². The monoisotopic (exact) mass is 456 g/mol. The molecule has 0 saturated heterocycles. The molecule has 0 aliphatic heterocycles. The van der Waals surface area contributed by atoms with Crippen LogP contribution in [0.1, 0.15) is 74.8 Å². The molecule has 2 aliphatic carbocycles. The van der Waals surface area contributed by atoms with E-state index >= 15 is 0 Å². The molecular formula is C25H26F6O. The van der Waals surface area contributed by atoms with Crippen molar-refractivity contribution in [3.63, 3.8) is 0 Å². The lowest BCUT2D eigenvalue weighted by Gasteiger charge is -2.36. The van der Waals surface area contributed by atoms with Gasteiger partial charge in [-0.05, 0) is 61.1 Å². The number of alkyl halides is 2. The predicted octanol–water partition coefficient (Wildman–Crippen LogP) is 8.23. The van der Waals surface area contributed by atoms with Crippen molar-refractivity contribution in [3.8, 4) is 5.75 Å². The summed E-state index contributed by atoms with van der Waals surface area (Å²) in [4.78, 5) is 0. The van der Waals surface area contributed by atoms with Gasteiger partial charge in [0.15, 0.2) is 17.5 Å². The number of halogens is 6. The fourth-order valence-corrected chi connectivity index (χ4v) is 5.35. The Hall–Kier alpha value is -2.18. The van der Waals surface area contributed by atoms with E-state index in [9.17, 15) is 26.3 Å². The van der Waals surface area contributed by atoms with E-state index in [1.165, 1.54) is 38.2 Å². The Morgan fingerprint density at radius 2 is 1.28 bits per heavy atom. The minimum absolute atomic E-state index is 0.119. The summed E-state index contributed by atoms with van der Waals surface area (Å²) < 4.78 is 87.6. The van der Waals surface area contributed by atoms with Crippen LogP contribution in [0.15, 0.2) is 30.3 Å². The average molecular weight is 456 g/mol. The number of rotatable bonds is 5. The molecule has 0 bridgehead atoms. The van der Waals surface area contributed by atoms with E-state index in [0.717, 1.165) is 43.7 Å². The summed E-state index contributed by atoms with van der Waals surface area (Å²) in [7, 11) is 0. The lowest BCUT2D eigenvalue weighted by molar-refractivity contribution is -0.187. The van der Waals surface area contributed by atoms with Gasteiger partial charge in [-0.3, -0.25) is 0 Å². The van der Waals surface area contributed by atoms with Gasteiger partial charge in [0.1, 0.15) is 11.6 Å². The van der Waals surface area contributed by atoms with E-state index in [1.54, 1.807) is 0 Å². The van der Waals surface area contributed by atoms with Crippen LogP contribution in [-0.2, 0) is 6.11 Å². The highest BCUT2D eigenvalue weighted by Crippen LogP contribution is 2.43. The maximum atomic E-state index is 14.6. The van der Waals surface area contributed by atoms with E-state index in [-0.39, 0.29) is 5.92 Å². The molecule has 0 atom stereocenters. The maximum absolute atomic E-state index is 14.6. The molecule has 2 aromatic carbocycles. The van der Waals surface area contributed by atoms with Gasteiger partial charge in [0.05, 0.1) is 5.56 Å². The summed E-state index contributed by atoms with van der Waals surface area (Å²) in [5.74, 6) is -5.62. The molecule has 174 valence electrons. The molecule has 2 aliphatic rings. The minimum Gasteiger partial charge on any atom is -0.429 e. The van der Waals surface area contributed by atoms with Gasteiger partial charge in [-0.25, -0.2) is 17.6 Å². The van der Waals surface area contributed by atoms with Crippen LogP contribution < -0.4 is 4.74 Å². The van der Waals surface area contributed by atoms with Gasteiger partial charge in [-0.15, -0.1) is 0 Å². The smallest absolute Gasteiger partial charge is 0.429 e. The standard InChI is InChI=1S/C25H26F6O/c26-21-12-18(17-8-6-16(7-9-17)15-4-2-1-3-5-15)10-11-20(21)25(30,31)32-19-13-22(27)24(29)23(28)14-19/h10-17H,1-9H2. The van der Waals surface area contributed by atoms with Gasteiger partial charge in [-0.1, -0.05) is 38.2 Å². The Morgan fingerprint density at radius 1 is 0.688 bits per heavy atom. The molecule has 2 aromatic rings. The molecule has 2 saturated carbocycles. The molecule has 7 heteroatoms. The Morgan fingerprint density at radius 3 is 1.88 bits per heavy atom. The molecule has 2 fully saturated rings. The number of hydrogen-bond donors (Lipinski definition) is 0. The zero-order valence-corrected chi connectivity index (χ0v) is 17.7. The van der Waals surface area contributed by atoms with Crippen LogP contribution >= 0.6 is 0 Å². The number of benzene rings is 2. The van der Waals surface area contributed by atoms with Gasteiger partial charge in [0.25, 0.3) is 0 Å². The third-order valence-electron chi connectivity index (χ3n) is 7.07. The molecule has 0 heterocycles. The van der Waals surface area contributed by atoms with Gasteiger partial charge in [0, 0.05) is 12.1 Å². The molecular weight excluding hydrogens is 430 g/mol. The van der Waals surface area contributed by atoms with Gasteiger partial charge in [0.2, 0.25) is 0 Å². The number of ether oxygens (including phenoxy) is 1. The first-order chi connectivity index (χ1) is 15.2. The first-order valence-corrected chi connectivity index (χ1v) is 11.3. The molecule has 0 radical (unpaired) electrons. The van der Waals surface area contributed by atoms with Crippen molar-refractivity contribution in [2.75, 3.05) is 0 Å². The first kappa shape index (κ1) is 23.0. The Labute approximate surface area is 183 Å². The fourth-order valence-electron chi connectivity index (χ4n) is 5.35. The van der Waals surface area contributed by atoms with Gasteiger partial charge < -0.3 is 4.74 Å². The second kappa shape index (κ2) is 9.36. The average Bonchev–Trinajstić information content (AvgIpc) is 2.77. The first-order valence-electron chi connectivity index (χ1n) is 11.3. The summed E-state index contributed by atoms with van der Waals surface area (Å²) in [5, 5.41) is 0. The highest BCUT2D eigenvalue weighted by atomic mass is 19.3. The topological polar surface area (TPSA) is 9.23 Å². The number of hydrogen-bond acceptors (Lipinski definition) is 1. The zero-order chi connectivity index (χ0) is 22.9. The highest BCUT2D eigenvalue weighted by Gasteiger charge is 2.39. The SMILES string of the molecule is Fc1cc(C2CCC(C3CCCCC3)CC2)ccc1C(F)(F)Oc1cc(F)c(F)c(F)c1. The van der Waals surface area contributed by atoms with Crippen LogP contribution in [0.4, 0.5) is 26.3 Å². The predicted molar refractivity (Wildman–Crippen MR) is 109 cm³/mol. The Balaban J connectivity index is 1.43. The molecule has 0 N–H and O–H groups in total. The molecule has 0 amide bonds. The fraction of sp³-hybridized carbons (Fsp3) is 0.520. The van der Waals surface area contributed by atoms with Gasteiger partial charge >= 0.3 is 6.11 Å². The highest BCUT2D eigenvalue weighted by molar-refractivity contribution is 5.31. The lowest BCUT2D eigenvalue weighted by Crippen LogP contribution is -2.25. The summed E-state index contributed by atoms with van der Waals surface area (Å²) in [6.07, 6.45) is 6.25. The summed E-state index contributed by atoms with van der Waals surface area (Å²) in [5.41, 5.74) is -0.370. The molecule has 4 rings (SSSR count). The van der Waals surface area contributed by atoms with E-state index in [2.05, 4.69) is 4.74 Å². The second-order valence-electron chi connectivity index (χ2n) is 9.07. The van der Waals surface area contributed by atoms with Crippen molar-refractivity contribution in [2.24, 2.45) is 11.8 Å². The van der Waals surface area contributed by atoms with Crippen LogP contribution in [-0.4, -0.2) is 0 Å². The second-order valence-corrected chi connectivity index (χ2v) is 9.07. The minimum atomic E-state index is -4.18. The zero-order valence-electron chi connectivity index (χ0n) is 17.7. The van der Waals surface area contributed by atoms with Crippen molar-refractivity contribution in [3.05, 3.63) is 64.7 Å². The summed E-state index contributed by atoms with van der Waals surface area (Å²) in [6.45, 7) is 0. The Kier molecular flexibility index (Phi) is 6.72.